The minimum absolute atomic E-state index is 0.107. The molecule has 4 nitrogen and oxygen atoms in total. The van der Waals surface area contributed by atoms with Gasteiger partial charge in [0.15, 0.2) is 0 Å². The van der Waals surface area contributed by atoms with Crippen molar-refractivity contribution in [1.29, 1.82) is 0 Å². The molecule has 3 aromatic carbocycles. The van der Waals surface area contributed by atoms with Gasteiger partial charge < -0.3 is 20.1 Å². The topological polar surface area (TPSA) is 42.5 Å². The van der Waals surface area contributed by atoms with Gasteiger partial charge in [-0.25, -0.2) is 0 Å². The SMILES string of the molecule is COc1ccccc1NCc1c(-c2ccc(Cl)cc2OC)ccc2c1C(C)=CC(C)(C)N2. The van der Waals surface area contributed by atoms with Gasteiger partial charge in [0.2, 0.25) is 0 Å². The van der Waals surface area contributed by atoms with Crippen LogP contribution >= 0.6 is 11.6 Å². The first-order chi connectivity index (χ1) is 15.3. The maximum absolute atomic E-state index is 6.24. The lowest BCUT2D eigenvalue weighted by Gasteiger charge is -2.33. The fourth-order valence-electron chi connectivity index (χ4n) is 4.50. The fraction of sp³-hybridized carbons (Fsp3) is 0.259. The maximum Gasteiger partial charge on any atom is 0.141 e. The van der Waals surface area contributed by atoms with E-state index >= 15 is 0 Å². The number of benzene rings is 3. The van der Waals surface area contributed by atoms with E-state index in [9.17, 15) is 0 Å². The summed E-state index contributed by atoms with van der Waals surface area (Å²) >= 11 is 6.24. The molecule has 0 saturated carbocycles. The van der Waals surface area contributed by atoms with E-state index in [2.05, 4.69) is 49.6 Å². The summed E-state index contributed by atoms with van der Waals surface area (Å²) in [6.45, 7) is 7.17. The predicted octanol–water partition coefficient (Wildman–Crippen LogP) is 7.24. The molecular weight excluding hydrogens is 420 g/mol. The largest absolute Gasteiger partial charge is 0.496 e. The zero-order chi connectivity index (χ0) is 22.9. The monoisotopic (exact) mass is 448 g/mol. The van der Waals surface area contributed by atoms with Gasteiger partial charge in [0.1, 0.15) is 11.5 Å². The van der Waals surface area contributed by atoms with Crippen LogP contribution in [0.4, 0.5) is 11.4 Å². The summed E-state index contributed by atoms with van der Waals surface area (Å²) in [5, 5.41) is 7.90. The number of para-hydroxylation sites is 2. The second-order valence-corrected chi connectivity index (χ2v) is 9.02. The molecule has 1 aliphatic rings. The number of ether oxygens (including phenoxy) is 2. The Morgan fingerprint density at radius 1 is 0.938 bits per heavy atom. The van der Waals surface area contributed by atoms with Crippen molar-refractivity contribution in [1.82, 2.24) is 0 Å². The number of anilines is 2. The third kappa shape index (κ3) is 4.28. The first kappa shape index (κ1) is 22.1. The molecule has 0 atom stereocenters. The summed E-state index contributed by atoms with van der Waals surface area (Å²) in [6, 6.07) is 18.1. The van der Waals surface area contributed by atoms with Crippen LogP contribution in [0.2, 0.25) is 5.02 Å². The Labute approximate surface area is 195 Å². The van der Waals surface area contributed by atoms with Gasteiger partial charge >= 0.3 is 0 Å². The van der Waals surface area contributed by atoms with Gasteiger partial charge in [0, 0.05) is 28.4 Å². The van der Waals surface area contributed by atoms with Crippen molar-refractivity contribution >= 4 is 28.5 Å². The third-order valence-electron chi connectivity index (χ3n) is 5.76. The Morgan fingerprint density at radius 2 is 1.66 bits per heavy atom. The van der Waals surface area contributed by atoms with Crippen LogP contribution in [0, 0.1) is 0 Å². The van der Waals surface area contributed by atoms with Gasteiger partial charge in [0.05, 0.1) is 25.4 Å². The highest BCUT2D eigenvalue weighted by Gasteiger charge is 2.26. The summed E-state index contributed by atoms with van der Waals surface area (Å²) in [6.07, 6.45) is 2.28. The van der Waals surface area contributed by atoms with Crippen LogP contribution in [-0.4, -0.2) is 19.8 Å². The number of methoxy groups -OCH3 is 2. The fourth-order valence-corrected chi connectivity index (χ4v) is 4.66. The molecule has 0 amide bonds. The molecule has 166 valence electrons. The quantitative estimate of drug-likeness (QED) is 0.417. The molecule has 0 aromatic heterocycles. The zero-order valence-electron chi connectivity index (χ0n) is 19.2. The van der Waals surface area contributed by atoms with Crippen molar-refractivity contribution in [2.45, 2.75) is 32.9 Å². The van der Waals surface area contributed by atoms with Crippen molar-refractivity contribution in [2.24, 2.45) is 0 Å². The Hall–Kier alpha value is -3.11. The number of rotatable bonds is 6. The average Bonchev–Trinajstić information content (AvgIpc) is 2.76. The van der Waals surface area contributed by atoms with E-state index in [4.69, 9.17) is 21.1 Å². The number of fused-ring (bicyclic) bond motifs is 1. The number of hydrogen-bond donors (Lipinski definition) is 2. The number of hydrogen-bond acceptors (Lipinski definition) is 4. The molecule has 1 heterocycles. The van der Waals surface area contributed by atoms with Gasteiger partial charge in [-0.15, -0.1) is 0 Å². The maximum atomic E-state index is 6.24. The van der Waals surface area contributed by atoms with Gasteiger partial charge in [-0.3, -0.25) is 0 Å². The molecule has 0 aliphatic carbocycles. The van der Waals surface area contributed by atoms with Crippen molar-refractivity contribution in [3.63, 3.8) is 0 Å². The Morgan fingerprint density at radius 3 is 2.41 bits per heavy atom. The minimum Gasteiger partial charge on any atom is -0.496 e. The van der Waals surface area contributed by atoms with Crippen LogP contribution in [0.15, 0.2) is 60.7 Å². The summed E-state index contributed by atoms with van der Waals surface area (Å²) < 4.78 is 11.2. The van der Waals surface area contributed by atoms with E-state index in [0.717, 1.165) is 34.0 Å². The molecular formula is C27H29ClN2O2. The van der Waals surface area contributed by atoms with Crippen molar-refractivity contribution in [3.05, 3.63) is 76.8 Å². The number of halogens is 1. The summed E-state index contributed by atoms with van der Waals surface area (Å²) in [7, 11) is 3.36. The van der Waals surface area contributed by atoms with Gasteiger partial charge in [-0.2, -0.15) is 0 Å². The van der Waals surface area contributed by atoms with Crippen LogP contribution < -0.4 is 20.1 Å². The van der Waals surface area contributed by atoms with E-state index in [1.54, 1.807) is 14.2 Å². The molecule has 0 fully saturated rings. The lowest BCUT2D eigenvalue weighted by Crippen LogP contribution is -2.32. The number of allylic oxidation sites excluding steroid dienone is 1. The van der Waals surface area contributed by atoms with Crippen LogP contribution in [0.3, 0.4) is 0 Å². The van der Waals surface area contributed by atoms with Crippen molar-refractivity contribution < 1.29 is 9.47 Å². The summed E-state index contributed by atoms with van der Waals surface area (Å²) in [5.41, 5.74) is 7.73. The third-order valence-corrected chi connectivity index (χ3v) is 5.99. The molecule has 0 saturated heterocycles. The second kappa shape index (κ2) is 8.79. The van der Waals surface area contributed by atoms with E-state index < -0.39 is 0 Å². The molecule has 3 aromatic rings. The highest BCUT2D eigenvalue weighted by atomic mass is 35.5. The van der Waals surface area contributed by atoms with E-state index in [1.165, 1.54) is 16.7 Å². The molecule has 0 unspecified atom stereocenters. The molecule has 4 rings (SSSR count). The van der Waals surface area contributed by atoms with Gasteiger partial charge in [-0.05, 0) is 73.9 Å². The normalized spacial score (nSPS) is 14.1. The lowest BCUT2D eigenvalue weighted by atomic mass is 9.85. The smallest absolute Gasteiger partial charge is 0.141 e. The molecule has 32 heavy (non-hydrogen) atoms. The lowest BCUT2D eigenvalue weighted by molar-refractivity contribution is 0.416. The van der Waals surface area contributed by atoms with Gasteiger partial charge in [-0.1, -0.05) is 35.9 Å². The predicted molar refractivity (Wildman–Crippen MR) is 135 cm³/mol. The van der Waals surface area contributed by atoms with Crippen molar-refractivity contribution in [2.75, 3.05) is 24.9 Å². The molecule has 0 bridgehead atoms. The summed E-state index contributed by atoms with van der Waals surface area (Å²) in [4.78, 5) is 0. The van der Waals surface area contributed by atoms with Gasteiger partial charge in [0.25, 0.3) is 0 Å². The standard InChI is InChI=1S/C27H29ClN2O2/c1-17-15-27(2,3)30-23-13-12-19(20-11-10-18(28)14-25(20)32-5)21(26(17)23)16-29-22-8-6-7-9-24(22)31-4/h6-15,29-30H,16H2,1-5H3. The first-order valence-electron chi connectivity index (χ1n) is 10.7. The second-order valence-electron chi connectivity index (χ2n) is 8.59. The van der Waals surface area contributed by atoms with Crippen molar-refractivity contribution in [3.8, 4) is 22.6 Å². The molecule has 1 aliphatic heterocycles. The zero-order valence-corrected chi connectivity index (χ0v) is 19.9. The minimum atomic E-state index is -0.107. The van der Waals surface area contributed by atoms with Crippen LogP contribution in [0.1, 0.15) is 31.9 Å². The van der Waals surface area contributed by atoms with E-state index in [-0.39, 0.29) is 5.54 Å². The molecule has 5 heteroatoms. The Kier molecular flexibility index (Phi) is 6.07. The highest BCUT2D eigenvalue weighted by molar-refractivity contribution is 6.30. The van der Waals surface area contributed by atoms with E-state index in [0.29, 0.717) is 11.6 Å². The molecule has 0 spiro atoms. The van der Waals surface area contributed by atoms with E-state index in [1.807, 2.05) is 42.5 Å². The number of nitrogens with one attached hydrogen (secondary N) is 2. The summed E-state index contributed by atoms with van der Waals surface area (Å²) in [5.74, 6) is 1.57. The van der Waals surface area contributed by atoms with Crippen LogP contribution in [0.25, 0.3) is 16.7 Å². The Balaban J connectivity index is 1.87. The Bertz CT molecular complexity index is 1180. The first-order valence-corrected chi connectivity index (χ1v) is 11.1. The van der Waals surface area contributed by atoms with Crippen LogP contribution in [-0.2, 0) is 6.54 Å². The molecule has 2 N–H and O–H groups in total. The highest BCUT2D eigenvalue weighted by Crippen LogP contribution is 2.43. The average molecular weight is 449 g/mol. The van der Waals surface area contributed by atoms with Crippen LogP contribution in [0.5, 0.6) is 11.5 Å². The molecule has 0 radical (unpaired) electrons.